The molecule has 1 saturated heterocycles. The third kappa shape index (κ3) is 5.38. The number of fused-ring (bicyclic) bond motifs is 1. The van der Waals surface area contributed by atoms with Crippen LogP contribution in [0.15, 0.2) is 53.8 Å². The Kier molecular flexibility index (Phi) is 7.63. The number of likely N-dealkylation sites (tertiary alicyclic amines) is 1. The fourth-order valence-electron chi connectivity index (χ4n) is 4.15. The Morgan fingerprint density at radius 1 is 1.28 bits per heavy atom. The Balaban J connectivity index is 1.62. The van der Waals surface area contributed by atoms with E-state index < -0.39 is 12.3 Å². The van der Waals surface area contributed by atoms with Crippen LogP contribution < -0.4 is 5.32 Å². The number of nitrogens with one attached hydrogen (secondary N) is 1. The predicted octanol–water partition coefficient (Wildman–Crippen LogP) is 5.54. The van der Waals surface area contributed by atoms with Gasteiger partial charge in [-0.3, -0.25) is 14.9 Å². The highest BCUT2D eigenvalue weighted by Gasteiger charge is 2.32. The van der Waals surface area contributed by atoms with Gasteiger partial charge in [0, 0.05) is 13.1 Å². The van der Waals surface area contributed by atoms with Crippen LogP contribution in [0.25, 0.3) is 11.0 Å². The standard InChI is InChI=1S/C26H25F2N5O2S/c1-16(2)9-10-17(14-29)25(35)32-13-5-6-18(32)15-33-20-8-4-3-7-19(20)30-26(33)31-24(34)22-12-11-21(36-22)23(27)28/h3-4,7-9,11-12,16,18,23H,5-6,13,15H2,1-2H3,(H,30,31,34)/t10?,18-/m1/s1. The van der Waals surface area contributed by atoms with Crippen LogP contribution >= 0.6 is 11.3 Å². The molecule has 0 spiro atoms. The summed E-state index contributed by atoms with van der Waals surface area (Å²) >= 11 is 0.735. The van der Waals surface area contributed by atoms with Crippen molar-refractivity contribution in [3.8, 4) is 6.07 Å². The summed E-state index contributed by atoms with van der Waals surface area (Å²) in [5.41, 5.74) is 4.22. The van der Waals surface area contributed by atoms with Crippen molar-refractivity contribution in [2.45, 2.75) is 45.7 Å². The maximum Gasteiger partial charge on any atom is 0.272 e. The quantitative estimate of drug-likeness (QED) is 0.257. The molecule has 0 bridgehead atoms. The Bertz CT molecular complexity index is 1390. The van der Waals surface area contributed by atoms with Gasteiger partial charge in [0.15, 0.2) is 5.57 Å². The summed E-state index contributed by atoms with van der Waals surface area (Å²) in [6.45, 7) is 4.74. The van der Waals surface area contributed by atoms with Crippen LogP contribution in [-0.2, 0) is 11.3 Å². The Hall–Kier alpha value is -3.80. The lowest BCUT2D eigenvalue weighted by Gasteiger charge is -2.25. The third-order valence-electron chi connectivity index (χ3n) is 5.86. The normalized spacial score (nSPS) is 15.2. The first-order valence-corrected chi connectivity index (χ1v) is 12.4. The van der Waals surface area contributed by atoms with Gasteiger partial charge in [0.25, 0.3) is 18.2 Å². The minimum absolute atomic E-state index is 0.0351. The fourth-order valence-corrected chi connectivity index (χ4v) is 4.91. The first kappa shape index (κ1) is 25.3. The van der Waals surface area contributed by atoms with Crippen LogP contribution in [0.3, 0.4) is 0 Å². The minimum atomic E-state index is -2.64. The summed E-state index contributed by atoms with van der Waals surface area (Å²) in [4.78, 5) is 32.1. The average Bonchev–Trinajstić information content (AvgIpc) is 3.59. The van der Waals surface area contributed by atoms with E-state index in [1.165, 1.54) is 12.1 Å². The number of hydrogen-bond donors (Lipinski definition) is 1. The van der Waals surface area contributed by atoms with Gasteiger partial charge in [0.2, 0.25) is 5.95 Å². The zero-order valence-corrected chi connectivity index (χ0v) is 20.7. The molecule has 1 atom stereocenters. The summed E-state index contributed by atoms with van der Waals surface area (Å²) in [5.74, 6) is -0.483. The number of para-hydroxylation sites is 2. The van der Waals surface area contributed by atoms with Gasteiger partial charge < -0.3 is 9.47 Å². The largest absolute Gasteiger partial charge is 0.333 e. The van der Waals surface area contributed by atoms with Gasteiger partial charge >= 0.3 is 0 Å². The molecule has 3 aromatic rings. The number of alkyl halides is 2. The second-order valence-corrected chi connectivity index (χ2v) is 9.94. The highest BCUT2D eigenvalue weighted by molar-refractivity contribution is 7.14. The van der Waals surface area contributed by atoms with Crippen molar-refractivity contribution in [2.75, 3.05) is 11.9 Å². The van der Waals surface area contributed by atoms with Crippen molar-refractivity contribution in [3.63, 3.8) is 0 Å². The van der Waals surface area contributed by atoms with E-state index in [1.807, 2.05) is 48.7 Å². The van der Waals surface area contributed by atoms with Crippen molar-refractivity contribution >= 4 is 40.1 Å². The first-order chi connectivity index (χ1) is 17.3. The van der Waals surface area contributed by atoms with Crippen molar-refractivity contribution in [1.82, 2.24) is 14.5 Å². The number of amides is 2. The van der Waals surface area contributed by atoms with E-state index in [0.29, 0.717) is 18.6 Å². The van der Waals surface area contributed by atoms with E-state index >= 15 is 0 Å². The van der Waals surface area contributed by atoms with Gasteiger partial charge in [0.1, 0.15) is 6.07 Å². The molecule has 0 unspecified atom stereocenters. The van der Waals surface area contributed by atoms with Gasteiger partial charge in [-0.05, 0) is 49.1 Å². The van der Waals surface area contributed by atoms with E-state index in [9.17, 15) is 23.6 Å². The number of rotatable bonds is 7. The Morgan fingerprint density at radius 2 is 2.06 bits per heavy atom. The van der Waals surface area contributed by atoms with Gasteiger partial charge in [-0.1, -0.05) is 26.0 Å². The molecule has 1 aliphatic heterocycles. The molecule has 1 aromatic carbocycles. The maximum absolute atomic E-state index is 13.1. The van der Waals surface area contributed by atoms with Crippen molar-refractivity contribution in [2.24, 2.45) is 5.92 Å². The summed E-state index contributed by atoms with van der Waals surface area (Å²) < 4.78 is 27.8. The van der Waals surface area contributed by atoms with Crippen LogP contribution in [0.2, 0.25) is 0 Å². The topological polar surface area (TPSA) is 91.0 Å². The molecule has 0 radical (unpaired) electrons. The van der Waals surface area contributed by atoms with Crippen molar-refractivity contribution in [3.05, 3.63) is 63.5 Å². The lowest BCUT2D eigenvalue weighted by Crippen LogP contribution is -2.38. The SMILES string of the molecule is CC(C)C=C=C(C#N)C(=O)N1CCC[C@@H]1Cn1c(NC(=O)c2ccc(C(F)F)s2)nc2ccccc21. The van der Waals surface area contributed by atoms with Crippen molar-refractivity contribution < 1.29 is 18.4 Å². The van der Waals surface area contributed by atoms with Crippen LogP contribution in [-0.4, -0.2) is 38.9 Å². The molecule has 2 aromatic heterocycles. The zero-order valence-electron chi connectivity index (χ0n) is 19.9. The summed E-state index contributed by atoms with van der Waals surface area (Å²) in [5, 5.41) is 12.3. The van der Waals surface area contributed by atoms with E-state index in [1.54, 1.807) is 11.0 Å². The molecule has 186 valence electrons. The number of carbonyl (C=O) groups excluding carboxylic acids is 2. The fraction of sp³-hybridized carbons (Fsp3) is 0.346. The number of anilines is 1. The highest BCUT2D eigenvalue weighted by Crippen LogP contribution is 2.29. The molecule has 3 heterocycles. The maximum atomic E-state index is 13.1. The molecule has 2 amide bonds. The first-order valence-electron chi connectivity index (χ1n) is 11.6. The molecule has 4 rings (SSSR count). The van der Waals surface area contributed by atoms with Gasteiger partial charge in [0.05, 0.1) is 26.8 Å². The Labute approximate surface area is 211 Å². The lowest BCUT2D eigenvalue weighted by atomic mass is 10.1. The van der Waals surface area contributed by atoms with Crippen molar-refractivity contribution in [1.29, 1.82) is 5.26 Å². The molecule has 1 N–H and O–H groups in total. The second-order valence-electron chi connectivity index (χ2n) is 8.83. The molecule has 1 aliphatic rings. The lowest BCUT2D eigenvalue weighted by molar-refractivity contribution is -0.127. The molecule has 0 aliphatic carbocycles. The van der Waals surface area contributed by atoms with E-state index in [2.05, 4.69) is 16.0 Å². The third-order valence-corrected chi connectivity index (χ3v) is 6.95. The molecule has 0 saturated carbocycles. The smallest absolute Gasteiger partial charge is 0.272 e. The van der Waals surface area contributed by atoms with E-state index in [0.717, 1.165) is 29.7 Å². The molecular weight excluding hydrogens is 484 g/mol. The molecule has 36 heavy (non-hydrogen) atoms. The number of halogens is 2. The van der Waals surface area contributed by atoms with E-state index in [4.69, 9.17) is 0 Å². The summed E-state index contributed by atoms with van der Waals surface area (Å²) in [6.07, 6.45) is 0.557. The number of nitrogens with zero attached hydrogens (tertiary/aromatic N) is 4. The minimum Gasteiger partial charge on any atom is -0.333 e. The predicted molar refractivity (Wildman–Crippen MR) is 134 cm³/mol. The number of carbonyl (C=O) groups is 2. The van der Waals surface area contributed by atoms with Crippen LogP contribution in [0.1, 0.15) is 47.7 Å². The average molecular weight is 510 g/mol. The number of thiophene rings is 1. The number of hydrogen-bond acceptors (Lipinski definition) is 5. The van der Waals surface area contributed by atoms with Crippen LogP contribution in [0, 0.1) is 17.2 Å². The van der Waals surface area contributed by atoms with E-state index in [-0.39, 0.29) is 39.1 Å². The summed E-state index contributed by atoms with van der Waals surface area (Å²) in [6, 6.07) is 11.7. The molecule has 7 nitrogen and oxygen atoms in total. The van der Waals surface area contributed by atoms with Crippen LogP contribution in [0.5, 0.6) is 0 Å². The van der Waals surface area contributed by atoms with Gasteiger partial charge in [-0.15, -0.1) is 17.1 Å². The molecular formula is C26H25F2N5O2S. The number of aromatic nitrogens is 2. The van der Waals surface area contributed by atoms with Gasteiger partial charge in [-0.2, -0.15) is 5.26 Å². The van der Waals surface area contributed by atoms with Crippen LogP contribution in [0.4, 0.5) is 14.7 Å². The monoisotopic (exact) mass is 509 g/mol. The zero-order chi connectivity index (χ0) is 25.8. The highest BCUT2D eigenvalue weighted by atomic mass is 32.1. The summed E-state index contributed by atoms with van der Waals surface area (Å²) in [7, 11) is 0. The number of nitriles is 1. The number of benzene rings is 1. The Morgan fingerprint density at radius 3 is 2.75 bits per heavy atom. The molecule has 1 fully saturated rings. The molecule has 10 heteroatoms. The second kappa shape index (κ2) is 10.9. The number of imidazole rings is 1. The van der Waals surface area contributed by atoms with Gasteiger partial charge in [-0.25, -0.2) is 13.8 Å².